The lowest BCUT2D eigenvalue weighted by molar-refractivity contribution is -0.139. The standard InChI is InChI=1S/C18H29N5O4/c1-2-15-20-14(21-27-15)5-8-19-17(26)23-9-3-6-18(13-23)7-4-16(25)22(12-18)10-11-24/h24H,2-13H2,1H3,(H,19,26)/t18-/m1/s1. The first-order chi connectivity index (χ1) is 13.0. The first kappa shape index (κ1) is 19.6. The number of nitrogens with one attached hydrogen (secondary N) is 1. The van der Waals surface area contributed by atoms with E-state index >= 15 is 0 Å². The molecule has 1 atom stereocenters. The van der Waals surface area contributed by atoms with Crippen molar-refractivity contribution in [1.82, 2.24) is 25.3 Å². The molecule has 9 nitrogen and oxygen atoms in total. The van der Waals surface area contributed by atoms with Gasteiger partial charge in [0.15, 0.2) is 5.82 Å². The van der Waals surface area contributed by atoms with Gasteiger partial charge in [-0.15, -0.1) is 0 Å². The van der Waals surface area contributed by atoms with Gasteiger partial charge in [0.25, 0.3) is 0 Å². The molecule has 0 aromatic carbocycles. The van der Waals surface area contributed by atoms with Gasteiger partial charge in [0.2, 0.25) is 11.8 Å². The molecule has 1 aromatic heterocycles. The molecule has 0 unspecified atom stereocenters. The van der Waals surface area contributed by atoms with E-state index in [1.54, 1.807) is 4.90 Å². The molecule has 2 aliphatic rings. The van der Waals surface area contributed by atoms with Crippen LogP contribution in [-0.4, -0.2) is 76.3 Å². The van der Waals surface area contributed by atoms with Crippen LogP contribution in [0.4, 0.5) is 4.79 Å². The van der Waals surface area contributed by atoms with Crippen LogP contribution in [0.3, 0.4) is 0 Å². The minimum atomic E-state index is -0.0844. The van der Waals surface area contributed by atoms with E-state index in [-0.39, 0.29) is 24.0 Å². The van der Waals surface area contributed by atoms with Gasteiger partial charge in [0.1, 0.15) is 0 Å². The number of aliphatic hydroxyl groups excluding tert-OH is 1. The van der Waals surface area contributed by atoms with Gasteiger partial charge in [-0.3, -0.25) is 4.79 Å². The van der Waals surface area contributed by atoms with E-state index in [9.17, 15) is 14.7 Å². The van der Waals surface area contributed by atoms with Crippen molar-refractivity contribution in [2.24, 2.45) is 5.41 Å². The summed E-state index contributed by atoms with van der Waals surface area (Å²) in [5.74, 6) is 1.31. The molecule has 150 valence electrons. The van der Waals surface area contributed by atoms with Crippen LogP contribution in [-0.2, 0) is 17.6 Å². The Labute approximate surface area is 159 Å². The minimum Gasteiger partial charge on any atom is -0.395 e. The Hall–Kier alpha value is -2.16. The Morgan fingerprint density at radius 2 is 2.22 bits per heavy atom. The second-order valence-electron chi connectivity index (χ2n) is 7.50. The molecule has 3 rings (SSSR count). The number of β-amino-alcohol motifs (C(OH)–C–C–N with tert-alkyl or cyclic N) is 1. The predicted octanol–water partition coefficient (Wildman–Crippen LogP) is 0.581. The summed E-state index contributed by atoms with van der Waals surface area (Å²) in [7, 11) is 0. The molecule has 2 aliphatic heterocycles. The van der Waals surface area contributed by atoms with Gasteiger partial charge >= 0.3 is 6.03 Å². The summed E-state index contributed by atoms with van der Waals surface area (Å²) < 4.78 is 5.07. The number of nitrogens with zero attached hydrogens (tertiary/aromatic N) is 4. The van der Waals surface area contributed by atoms with Crippen LogP contribution in [0.2, 0.25) is 0 Å². The zero-order chi connectivity index (χ0) is 19.3. The molecule has 2 fully saturated rings. The smallest absolute Gasteiger partial charge is 0.317 e. The van der Waals surface area contributed by atoms with Gasteiger partial charge in [-0.1, -0.05) is 12.1 Å². The van der Waals surface area contributed by atoms with Crippen LogP contribution in [0.5, 0.6) is 0 Å². The maximum absolute atomic E-state index is 12.6. The van der Waals surface area contributed by atoms with Crippen LogP contribution in [0.1, 0.15) is 44.3 Å². The minimum absolute atomic E-state index is 0.0259. The Balaban J connectivity index is 1.51. The van der Waals surface area contributed by atoms with Gasteiger partial charge in [0.05, 0.1) is 6.61 Å². The molecular weight excluding hydrogens is 350 g/mol. The molecule has 0 bridgehead atoms. The van der Waals surface area contributed by atoms with Gasteiger partial charge in [0, 0.05) is 57.4 Å². The molecule has 0 saturated carbocycles. The van der Waals surface area contributed by atoms with Gasteiger partial charge in [-0.2, -0.15) is 4.98 Å². The molecule has 0 radical (unpaired) electrons. The first-order valence-electron chi connectivity index (χ1n) is 9.78. The summed E-state index contributed by atoms with van der Waals surface area (Å²) in [5, 5.41) is 16.0. The number of carbonyl (C=O) groups excluding carboxylic acids is 2. The predicted molar refractivity (Wildman–Crippen MR) is 96.9 cm³/mol. The molecule has 9 heteroatoms. The highest BCUT2D eigenvalue weighted by molar-refractivity contribution is 5.77. The van der Waals surface area contributed by atoms with Gasteiger partial charge < -0.3 is 24.7 Å². The molecule has 1 aromatic rings. The molecule has 27 heavy (non-hydrogen) atoms. The van der Waals surface area contributed by atoms with Crippen molar-refractivity contribution in [3.8, 4) is 0 Å². The second-order valence-corrected chi connectivity index (χ2v) is 7.50. The fraction of sp³-hybridized carbons (Fsp3) is 0.778. The monoisotopic (exact) mass is 379 g/mol. The van der Waals surface area contributed by atoms with Crippen LogP contribution >= 0.6 is 0 Å². The largest absolute Gasteiger partial charge is 0.395 e. The molecule has 1 spiro atoms. The molecular formula is C18H29N5O4. The van der Waals surface area contributed by atoms with Crippen molar-refractivity contribution in [1.29, 1.82) is 0 Å². The van der Waals surface area contributed by atoms with Gasteiger partial charge in [-0.25, -0.2) is 4.79 Å². The van der Waals surface area contributed by atoms with E-state index in [0.717, 1.165) is 25.8 Å². The van der Waals surface area contributed by atoms with E-state index < -0.39 is 0 Å². The summed E-state index contributed by atoms with van der Waals surface area (Å²) in [4.78, 5) is 32.4. The van der Waals surface area contributed by atoms with Crippen molar-refractivity contribution in [2.75, 3.05) is 39.3 Å². The van der Waals surface area contributed by atoms with Crippen LogP contribution in [0.25, 0.3) is 0 Å². The Morgan fingerprint density at radius 3 is 2.96 bits per heavy atom. The van der Waals surface area contributed by atoms with Crippen molar-refractivity contribution in [3.63, 3.8) is 0 Å². The number of carbonyl (C=O) groups is 2. The number of piperidine rings is 2. The topological polar surface area (TPSA) is 112 Å². The average molecular weight is 379 g/mol. The first-order valence-corrected chi connectivity index (χ1v) is 9.78. The molecule has 2 N–H and O–H groups in total. The lowest BCUT2D eigenvalue weighted by Crippen LogP contribution is -2.57. The third-order valence-corrected chi connectivity index (χ3v) is 5.50. The number of amides is 3. The third-order valence-electron chi connectivity index (χ3n) is 5.50. The van der Waals surface area contributed by atoms with Crippen LogP contribution < -0.4 is 5.32 Å². The van der Waals surface area contributed by atoms with Gasteiger partial charge in [-0.05, 0) is 19.3 Å². The maximum Gasteiger partial charge on any atom is 0.317 e. The number of likely N-dealkylation sites (tertiary alicyclic amines) is 2. The zero-order valence-electron chi connectivity index (χ0n) is 15.9. The number of hydrogen-bond donors (Lipinski definition) is 2. The van der Waals surface area contributed by atoms with Crippen molar-refractivity contribution >= 4 is 11.9 Å². The molecule has 3 amide bonds. The summed E-state index contributed by atoms with van der Waals surface area (Å²) >= 11 is 0. The number of urea groups is 1. The molecule has 3 heterocycles. The lowest BCUT2D eigenvalue weighted by Gasteiger charge is -2.48. The Kier molecular flexibility index (Phi) is 6.30. The quantitative estimate of drug-likeness (QED) is 0.748. The van der Waals surface area contributed by atoms with E-state index in [1.165, 1.54) is 0 Å². The zero-order valence-corrected chi connectivity index (χ0v) is 15.9. The summed E-state index contributed by atoms with van der Waals surface area (Å²) in [6, 6.07) is -0.0844. The van der Waals surface area contributed by atoms with Crippen molar-refractivity contribution < 1.29 is 19.2 Å². The second kappa shape index (κ2) is 8.69. The van der Waals surface area contributed by atoms with Crippen LogP contribution in [0, 0.1) is 5.41 Å². The van der Waals surface area contributed by atoms with E-state index in [2.05, 4.69) is 15.5 Å². The average Bonchev–Trinajstić information content (AvgIpc) is 3.13. The highest BCUT2D eigenvalue weighted by Crippen LogP contribution is 2.38. The summed E-state index contributed by atoms with van der Waals surface area (Å²) in [5.41, 5.74) is -0.0532. The van der Waals surface area contributed by atoms with E-state index in [4.69, 9.17) is 4.52 Å². The highest BCUT2D eigenvalue weighted by Gasteiger charge is 2.42. The van der Waals surface area contributed by atoms with E-state index in [0.29, 0.717) is 57.2 Å². The van der Waals surface area contributed by atoms with Crippen molar-refractivity contribution in [2.45, 2.75) is 45.4 Å². The normalized spacial score (nSPS) is 23.1. The number of aryl methyl sites for hydroxylation is 1. The maximum atomic E-state index is 12.6. The lowest BCUT2D eigenvalue weighted by atomic mass is 9.73. The van der Waals surface area contributed by atoms with E-state index in [1.807, 2.05) is 11.8 Å². The third kappa shape index (κ3) is 4.77. The fourth-order valence-corrected chi connectivity index (χ4v) is 4.07. The Bertz CT molecular complexity index is 664. The highest BCUT2D eigenvalue weighted by atomic mass is 16.5. The number of aliphatic hydroxyl groups is 1. The van der Waals surface area contributed by atoms with Crippen molar-refractivity contribution in [3.05, 3.63) is 11.7 Å². The Morgan fingerprint density at radius 1 is 1.37 bits per heavy atom. The molecule has 2 saturated heterocycles. The fourth-order valence-electron chi connectivity index (χ4n) is 4.07. The summed E-state index contributed by atoms with van der Waals surface area (Å²) in [6.45, 7) is 4.75. The SMILES string of the molecule is CCc1nc(CCNC(=O)N2CCC[C@]3(CCC(=O)N(CCO)C3)C2)no1. The number of rotatable bonds is 6. The molecule has 0 aliphatic carbocycles. The number of aromatic nitrogens is 2. The number of hydrogen-bond acceptors (Lipinski definition) is 6. The van der Waals surface area contributed by atoms with Crippen LogP contribution in [0.15, 0.2) is 4.52 Å². The summed E-state index contributed by atoms with van der Waals surface area (Å²) in [6.07, 6.45) is 4.47.